The molecule has 2 aromatic rings. The van der Waals surface area contributed by atoms with Crippen LogP contribution in [0.1, 0.15) is 28.5 Å². The molecule has 0 atom stereocenters. The number of nitrogens with one attached hydrogen (secondary N) is 2. The van der Waals surface area contributed by atoms with Gasteiger partial charge in [0.15, 0.2) is 12.6 Å². The topological polar surface area (TPSA) is 71.7 Å². The molecule has 0 aliphatic carbocycles. The average molecular weight is 512 g/mol. The van der Waals surface area contributed by atoms with Gasteiger partial charge in [-0.15, -0.1) is 24.0 Å². The highest BCUT2D eigenvalue weighted by Gasteiger charge is 2.28. The molecule has 0 saturated carbocycles. The molecule has 2 rings (SSSR count). The minimum Gasteiger partial charge on any atom is -0.484 e. The normalized spacial score (nSPS) is 11.8. The van der Waals surface area contributed by atoms with Crippen LogP contribution in [0.15, 0.2) is 27.6 Å². The maximum absolute atomic E-state index is 12.4. The number of aryl methyl sites for hydroxylation is 3. The van der Waals surface area contributed by atoms with Crippen molar-refractivity contribution in [3.8, 4) is 5.75 Å². The van der Waals surface area contributed by atoms with Crippen molar-refractivity contribution in [3.63, 3.8) is 0 Å². The van der Waals surface area contributed by atoms with Crippen LogP contribution in [0.2, 0.25) is 0 Å². The van der Waals surface area contributed by atoms with Crippen molar-refractivity contribution < 1.29 is 22.3 Å². The van der Waals surface area contributed by atoms with Gasteiger partial charge in [-0.25, -0.2) is 4.98 Å². The Morgan fingerprint density at radius 1 is 1.18 bits per heavy atom. The lowest BCUT2D eigenvalue weighted by Gasteiger charge is -2.16. The Labute approximate surface area is 179 Å². The van der Waals surface area contributed by atoms with Gasteiger partial charge in [0.2, 0.25) is 5.89 Å². The van der Waals surface area contributed by atoms with Gasteiger partial charge in [-0.05, 0) is 32.4 Å². The predicted octanol–water partition coefficient (Wildman–Crippen LogP) is 4.02. The van der Waals surface area contributed by atoms with Gasteiger partial charge in [0.25, 0.3) is 0 Å². The second kappa shape index (κ2) is 10.5. The number of ether oxygens (including phenoxy) is 1. The first-order chi connectivity index (χ1) is 12.7. The summed E-state index contributed by atoms with van der Waals surface area (Å²) in [7, 11) is 1.59. The second-order valence-electron chi connectivity index (χ2n) is 6.04. The van der Waals surface area contributed by atoms with Crippen molar-refractivity contribution in [1.29, 1.82) is 0 Å². The summed E-state index contributed by atoms with van der Waals surface area (Å²) in [6.07, 6.45) is -4.39. The largest absolute Gasteiger partial charge is 0.484 e. The number of aliphatic imine (C=N–C) groups is 1. The smallest absolute Gasteiger partial charge is 0.422 e. The lowest BCUT2D eigenvalue weighted by Crippen LogP contribution is -2.36. The van der Waals surface area contributed by atoms with Gasteiger partial charge in [-0.3, -0.25) is 4.99 Å². The van der Waals surface area contributed by atoms with E-state index in [1.54, 1.807) is 26.1 Å². The third-order valence-electron chi connectivity index (χ3n) is 3.76. The van der Waals surface area contributed by atoms with Crippen LogP contribution < -0.4 is 15.4 Å². The van der Waals surface area contributed by atoms with Crippen molar-refractivity contribution in [2.24, 2.45) is 4.99 Å². The van der Waals surface area contributed by atoms with Crippen LogP contribution in [0.25, 0.3) is 0 Å². The molecule has 2 N–H and O–H groups in total. The van der Waals surface area contributed by atoms with Crippen molar-refractivity contribution in [3.05, 3.63) is 46.7 Å². The summed E-state index contributed by atoms with van der Waals surface area (Å²) in [5, 5.41) is 6.09. The summed E-state index contributed by atoms with van der Waals surface area (Å²) >= 11 is 0. The maximum Gasteiger partial charge on any atom is 0.422 e. The number of rotatable bonds is 6. The first kappa shape index (κ1) is 24.1. The number of aromatic nitrogens is 1. The number of halogens is 4. The highest BCUT2D eigenvalue weighted by Crippen LogP contribution is 2.23. The summed E-state index contributed by atoms with van der Waals surface area (Å²) in [5.74, 6) is 1.93. The minimum atomic E-state index is -4.39. The highest BCUT2D eigenvalue weighted by atomic mass is 127. The van der Waals surface area contributed by atoms with E-state index in [1.807, 2.05) is 19.9 Å². The van der Waals surface area contributed by atoms with Crippen LogP contribution in [0.5, 0.6) is 5.75 Å². The quantitative estimate of drug-likeness (QED) is 0.348. The molecule has 1 aromatic heterocycles. The molecule has 0 radical (unpaired) electrons. The third-order valence-corrected chi connectivity index (χ3v) is 3.76. The molecule has 10 heteroatoms. The van der Waals surface area contributed by atoms with Crippen molar-refractivity contribution in [2.75, 3.05) is 13.7 Å². The standard InChI is InChI=1S/C18H23F3N4O2.HI/c1-11-5-6-14(15(7-11)26-10-18(19,20)21)8-23-17(22-4)24-9-16-25-12(2)13(3)27-16;/h5-7H,8-10H2,1-4H3,(H2,22,23,24);1H. The molecule has 0 unspecified atom stereocenters. The lowest BCUT2D eigenvalue weighted by atomic mass is 10.1. The van der Waals surface area contributed by atoms with Gasteiger partial charge in [-0.1, -0.05) is 12.1 Å². The van der Waals surface area contributed by atoms with E-state index >= 15 is 0 Å². The number of alkyl halides is 3. The van der Waals surface area contributed by atoms with Gasteiger partial charge < -0.3 is 19.8 Å². The summed E-state index contributed by atoms with van der Waals surface area (Å²) in [6.45, 7) is 4.72. The predicted molar refractivity (Wildman–Crippen MR) is 111 cm³/mol. The van der Waals surface area contributed by atoms with Gasteiger partial charge >= 0.3 is 6.18 Å². The Bertz CT molecular complexity index is 787. The zero-order chi connectivity index (χ0) is 20.0. The lowest BCUT2D eigenvalue weighted by molar-refractivity contribution is -0.153. The fraction of sp³-hybridized carbons (Fsp3) is 0.444. The molecular weight excluding hydrogens is 488 g/mol. The third kappa shape index (κ3) is 7.56. The van der Waals surface area contributed by atoms with Crippen LogP contribution in [0, 0.1) is 20.8 Å². The second-order valence-corrected chi connectivity index (χ2v) is 6.04. The van der Waals surface area contributed by atoms with Gasteiger partial charge in [0.1, 0.15) is 11.5 Å². The monoisotopic (exact) mass is 512 g/mol. The molecule has 6 nitrogen and oxygen atoms in total. The van der Waals surface area contributed by atoms with Crippen LogP contribution in [0.3, 0.4) is 0 Å². The Balaban J connectivity index is 0.00000392. The SMILES string of the molecule is CN=C(NCc1nc(C)c(C)o1)NCc1ccc(C)cc1OCC(F)(F)F.I. The molecular formula is C18H24F3IN4O2. The highest BCUT2D eigenvalue weighted by molar-refractivity contribution is 14.0. The Morgan fingerprint density at radius 3 is 2.43 bits per heavy atom. The van der Waals surface area contributed by atoms with E-state index in [1.165, 1.54) is 0 Å². The van der Waals surface area contributed by atoms with Crippen molar-refractivity contribution in [2.45, 2.75) is 40.0 Å². The van der Waals surface area contributed by atoms with E-state index in [-0.39, 0.29) is 36.3 Å². The van der Waals surface area contributed by atoms with Crippen molar-refractivity contribution >= 4 is 29.9 Å². The molecule has 0 spiro atoms. The molecule has 1 heterocycles. The van der Waals surface area contributed by atoms with E-state index in [0.717, 1.165) is 17.0 Å². The fourth-order valence-electron chi connectivity index (χ4n) is 2.28. The Hall–Kier alpha value is -1.98. The number of hydrogen-bond donors (Lipinski definition) is 2. The summed E-state index contributed by atoms with van der Waals surface area (Å²) in [4.78, 5) is 8.35. The number of oxazole rings is 1. The zero-order valence-corrected chi connectivity index (χ0v) is 18.4. The number of benzene rings is 1. The van der Waals surface area contributed by atoms with E-state index in [4.69, 9.17) is 9.15 Å². The summed E-state index contributed by atoms with van der Waals surface area (Å²) in [5.41, 5.74) is 2.23. The van der Waals surface area contributed by atoms with Crippen LogP contribution >= 0.6 is 24.0 Å². The Morgan fingerprint density at radius 2 is 1.86 bits per heavy atom. The maximum atomic E-state index is 12.4. The van der Waals surface area contributed by atoms with Crippen LogP contribution in [-0.4, -0.2) is 30.8 Å². The van der Waals surface area contributed by atoms with E-state index < -0.39 is 12.8 Å². The summed E-state index contributed by atoms with van der Waals surface area (Å²) in [6, 6.07) is 5.12. The molecule has 156 valence electrons. The molecule has 1 aromatic carbocycles. The number of guanidine groups is 1. The number of nitrogens with zero attached hydrogens (tertiary/aromatic N) is 2. The van der Waals surface area contributed by atoms with Crippen molar-refractivity contribution in [1.82, 2.24) is 15.6 Å². The average Bonchev–Trinajstić information content (AvgIpc) is 2.91. The van der Waals surface area contributed by atoms with E-state index in [0.29, 0.717) is 24.0 Å². The molecule has 0 bridgehead atoms. The molecule has 0 amide bonds. The van der Waals surface area contributed by atoms with E-state index in [2.05, 4.69) is 20.6 Å². The molecule has 28 heavy (non-hydrogen) atoms. The zero-order valence-electron chi connectivity index (χ0n) is 16.1. The first-order valence-electron chi connectivity index (χ1n) is 8.34. The van der Waals surface area contributed by atoms with Crippen LogP contribution in [-0.2, 0) is 13.1 Å². The van der Waals surface area contributed by atoms with Gasteiger partial charge in [0, 0.05) is 19.2 Å². The minimum absolute atomic E-state index is 0. The molecule has 0 fully saturated rings. The van der Waals surface area contributed by atoms with Crippen LogP contribution in [0.4, 0.5) is 13.2 Å². The number of hydrogen-bond acceptors (Lipinski definition) is 4. The van der Waals surface area contributed by atoms with Gasteiger partial charge in [0.05, 0.1) is 12.2 Å². The summed E-state index contributed by atoms with van der Waals surface area (Å²) < 4.78 is 47.8. The van der Waals surface area contributed by atoms with Gasteiger partial charge in [-0.2, -0.15) is 13.2 Å². The molecule has 0 aliphatic rings. The fourth-order valence-corrected chi connectivity index (χ4v) is 2.28. The Kier molecular flexibility index (Phi) is 9.05. The van der Waals surface area contributed by atoms with E-state index in [9.17, 15) is 13.2 Å². The molecule has 0 aliphatic heterocycles. The first-order valence-corrected chi connectivity index (χ1v) is 8.34. The molecule has 0 saturated heterocycles.